The maximum absolute atomic E-state index is 11.0. The predicted molar refractivity (Wildman–Crippen MR) is 94.9 cm³/mol. The van der Waals surface area contributed by atoms with Gasteiger partial charge in [0.25, 0.3) is 5.91 Å². The predicted octanol–water partition coefficient (Wildman–Crippen LogP) is 2.61. The molecule has 0 saturated heterocycles. The van der Waals surface area contributed by atoms with Crippen LogP contribution in [0.5, 0.6) is 17.4 Å². The molecule has 7 heteroatoms. The zero-order valence-electron chi connectivity index (χ0n) is 14.7. The van der Waals surface area contributed by atoms with E-state index < -0.39 is 5.91 Å². The number of hydrogen-bond acceptors (Lipinski definition) is 6. The van der Waals surface area contributed by atoms with Crippen molar-refractivity contribution in [2.24, 2.45) is 11.5 Å². The molecular formula is C18H24N4O3. The van der Waals surface area contributed by atoms with Crippen molar-refractivity contribution in [1.82, 2.24) is 9.97 Å². The van der Waals surface area contributed by atoms with Crippen molar-refractivity contribution in [2.45, 2.75) is 38.6 Å². The monoisotopic (exact) mass is 344 g/mol. The van der Waals surface area contributed by atoms with Gasteiger partial charge in [-0.25, -0.2) is 9.97 Å². The molecule has 1 heterocycles. The first-order valence-corrected chi connectivity index (χ1v) is 8.14. The molecule has 25 heavy (non-hydrogen) atoms. The second-order valence-corrected chi connectivity index (χ2v) is 6.04. The average molecular weight is 344 g/mol. The summed E-state index contributed by atoms with van der Waals surface area (Å²) in [5, 5.41) is 0. The summed E-state index contributed by atoms with van der Waals surface area (Å²) in [6, 6.07) is 5.87. The van der Waals surface area contributed by atoms with Crippen LogP contribution < -0.4 is 20.9 Å². The van der Waals surface area contributed by atoms with E-state index in [1.54, 1.807) is 13.2 Å². The SMILES string of the molecule is COc1c(Oc2cnc(C(N)=O)cn2)cccc1C(C)CCC(C)N. The van der Waals surface area contributed by atoms with E-state index in [0.29, 0.717) is 11.5 Å². The molecule has 0 radical (unpaired) electrons. The van der Waals surface area contributed by atoms with Crippen LogP contribution in [-0.4, -0.2) is 29.0 Å². The molecule has 1 aromatic heterocycles. The Hall–Kier alpha value is -2.67. The largest absolute Gasteiger partial charge is 0.493 e. The van der Waals surface area contributed by atoms with Crippen molar-refractivity contribution in [3.8, 4) is 17.4 Å². The van der Waals surface area contributed by atoms with Gasteiger partial charge < -0.3 is 20.9 Å². The Kier molecular flexibility index (Phi) is 6.30. The highest BCUT2D eigenvalue weighted by molar-refractivity contribution is 5.90. The van der Waals surface area contributed by atoms with Crippen LogP contribution in [0.2, 0.25) is 0 Å². The lowest BCUT2D eigenvalue weighted by atomic mass is 9.93. The molecule has 2 aromatic rings. The van der Waals surface area contributed by atoms with Crippen molar-refractivity contribution in [1.29, 1.82) is 0 Å². The van der Waals surface area contributed by atoms with Gasteiger partial charge in [-0.15, -0.1) is 0 Å². The molecule has 2 atom stereocenters. The fourth-order valence-corrected chi connectivity index (χ4v) is 2.50. The van der Waals surface area contributed by atoms with Gasteiger partial charge in [-0.3, -0.25) is 4.79 Å². The van der Waals surface area contributed by atoms with Gasteiger partial charge in [0, 0.05) is 11.6 Å². The number of benzene rings is 1. The molecule has 0 saturated carbocycles. The Labute approximate surface area is 147 Å². The van der Waals surface area contributed by atoms with Crippen LogP contribution in [0, 0.1) is 0 Å². The topological polar surface area (TPSA) is 113 Å². The number of rotatable bonds is 8. The number of carbonyl (C=O) groups is 1. The second-order valence-electron chi connectivity index (χ2n) is 6.04. The van der Waals surface area contributed by atoms with E-state index in [-0.39, 0.29) is 23.5 Å². The van der Waals surface area contributed by atoms with Crippen LogP contribution in [-0.2, 0) is 0 Å². The molecule has 7 nitrogen and oxygen atoms in total. The fourth-order valence-electron chi connectivity index (χ4n) is 2.50. The third-order valence-corrected chi connectivity index (χ3v) is 3.89. The van der Waals surface area contributed by atoms with Crippen LogP contribution in [0.15, 0.2) is 30.6 Å². The summed E-state index contributed by atoms with van der Waals surface area (Å²) >= 11 is 0. The molecule has 1 amide bonds. The number of nitrogens with two attached hydrogens (primary N) is 2. The molecule has 0 bridgehead atoms. The summed E-state index contributed by atoms with van der Waals surface area (Å²) in [6.07, 6.45) is 4.51. The lowest BCUT2D eigenvalue weighted by Crippen LogP contribution is -2.15. The molecule has 1 aromatic carbocycles. The number of ether oxygens (including phenoxy) is 2. The van der Waals surface area contributed by atoms with Gasteiger partial charge in [0.2, 0.25) is 5.88 Å². The molecule has 4 N–H and O–H groups in total. The van der Waals surface area contributed by atoms with E-state index >= 15 is 0 Å². The van der Waals surface area contributed by atoms with Crippen LogP contribution >= 0.6 is 0 Å². The highest BCUT2D eigenvalue weighted by Crippen LogP contribution is 2.38. The summed E-state index contributed by atoms with van der Waals surface area (Å²) in [7, 11) is 1.60. The van der Waals surface area contributed by atoms with E-state index in [4.69, 9.17) is 20.9 Å². The first kappa shape index (κ1) is 18.7. The highest BCUT2D eigenvalue weighted by Gasteiger charge is 2.17. The van der Waals surface area contributed by atoms with Crippen molar-refractivity contribution in [3.63, 3.8) is 0 Å². The molecule has 0 spiro atoms. The van der Waals surface area contributed by atoms with Gasteiger partial charge in [0.05, 0.1) is 19.5 Å². The molecule has 0 aliphatic rings. The van der Waals surface area contributed by atoms with Gasteiger partial charge in [-0.05, 0) is 31.7 Å². The van der Waals surface area contributed by atoms with Crippen molar-refractivity contribution in [3.05, 3.63) is 41.9 Å². The number of primary amides is 1. The summed E-state index contributed by atoms with van der Waals surface area (Å²) in [4.78, 5) is 19.0. The Balaban J connectivity index is 2.23. The molecule has 0 aliphatic carbocycles. The third kappa shape index (κ3) is 4.90. The highest BCUT2D eigenvalue weighted by atomic mass is 16.5. The van der Waals surface area contributed by atoms with Crippen molar-refractivity contribution < 1.29 is 14.3 Å². The van der Waals surface area contributed by atoms with Crippen molar-refractivity contribution in [2.75, 3.05) is 7.11 Å². The first-order chi connectivity index (χ1) is 11.9. The fraction of sp³-hybridized carbons (Fsp3) is 0.389. The molecule has 134 valence electrons. The van der Waals surface area contributed by atoms with Crippen molar-refractivity contribution >= 4 is 5.91 Å². The number of methoxy groups -OCH3 is 1. The first-order valence-electron chi connectivity index (χ1n) is 8.14. The Morgan fingerprint density at radius 3 is 2.52 bits per heavy atom. The summed E-state index contributed by atoms with van der Waals surface area (Å²) < 4.78 is 11.3. The number of amides is 1. The van der Waals surface area contributed by atoms with E-state index in [2.05, 4.69) is 16.9 Å². The normalized spacial score (nSPS) is 13.1. The van der Waals surface area contributed by atoms with E-state index in [1.165, 1.54) is 12.4 Å². The number of hydrogen-bond donors (Lipinski definition) is 2. The van der Waals surface area contributed by atoms with Gasteiger partial charge >= 0.3 is 0 Å². The Bertz CT molecular complexity index is 717. The number of carbonyl (C=O) groups excluding carboxylic acids is 1. The quantitative estimate of drug-likeness (QED) is 0.761. The Morgan fingerprint density at radius 1 is 1.20 bits per heavy atom. The summed E-state index contributed by atoms with van der Waals surface area (Å²) in [5.41, 5.74) is 12.1. The minimum atomic E-state index is -0.637. The average Bonchev–Trinajstić information content (AvgIpc) is 2.59. The maximum atomic E-state index is 11.0. The zero-order chi connectivity index (χ0) is 18.4. The number of aromatic nitrogens is 2. The molecule has 2 rings (SSSR count). The maximum Gasteiger partial charge on any atom is 0.268 e. The van der Waals surface area contributed by atoms with Gasteiger partial charge in [-0.2, -0.15) is 0 Å². The Morgan fingerprint density at radius 2 is 1.96 bits per heavy atom. The smallest absolute Gasteiger partial charge is 0.268 e. The molecule has 0 aliphatic heterocycles. The van der Waals surface area contributed by atoms with Crippen LogP contribution in [0.4, 0.5) is 0 Å². The van der Waals surface area contributed by atoms with E-state index in [0.717, 1.165) is 18.4 Å². The van der Waals surface area contributed by atoms with Gasteiger partial charge in [0.15, 0.2) is 11.5 Å². The summed E-state index contributed by atoms with van der Waals surface area (Å²) in [6.45, 7) is 4.13. The second kappa shape index (κ2) is 8.43. The molecule has 2 unspecified atom stereocenters. The third-order valence-electron chi connectivity index (χ3n) is 3.89. The minimum absolute atomic E-state index is 0.0811. The minimum Gasteiger partial charge on any atom is -0.493 e. The summed E-state index contributed by atoms with van der Waals surface area (Å²) in [5.74, 6) is 1.08. The number of nitrogens with zero attached hydrogens (tertiary/aromatic N) is 2. The van der Waals surface area contributed by atoms with E-state index in [9.17, 15) is 4.79 Å². The van der Waals surface area contributed by atoms with E-state index in [1.807, 2.05) is 19.1 Å². The van der Waals surface area contributed by atoms with Crippen LogP contribution in [0.25, 0.3) is 0 Å². The standard InChI is InChI=1S/C18H24N4O3/c1-11(7-8-12(2)19)13-5-4-6-15(17(13)24-3)25-16-10-21-14(9-22-16)18(20)23/h4-6,9-12H,7-8,19H2,1-3H3,(H2,20,23). The molecule has 0 fully saturated rings. The van der Waals surface area contributed by atoms with Gasteiger partial charge in [-0.1, -0.05) is 19.1 Å². The molecular weight excluding hydrogens is 320 g/mol. The lowest BCUT2D eigenvalue weighted by Gasteiger charge is -2.19. The number of para-hydroxylation sites is 1. The zero-order valence-corrected chi connectivity index (χ0v) is 14.7. The lowest BCUT2D eigenvalue weighted by molar-refractivity contribution is 0.0995. The van der Waals surface area contributed by atoms with Crippen LogP contribution in [0.3, 0.4) is 0 Å². The van der Waals surface area contributed by atoms with Crippen LogP contribution in [0.1, 0.15) is 48.7 Å². The van der Waals surface area contributed by atoms with Gasteiger partial charge in [0.1, 0.15) is 5.69 Å².